The lowest BCUT2D eigenvalue weighted by Gasteiger charge is -2.22. The van der Waals surface area contributed by atoms with Gasteiger partial charge in [0.25, 0.3) is 5.91 Å². The van der Waals surface area contributed by atoms with Gasteiger partial charge in [0.05, 0.1) is 0 Å². The molecule has 1 aliphatic heterocycles. The summed E-state index contributed by atoms with van der Waals surface area (Å²) in [7, 11) is 0. The van der Waals surface area contributed by atoms with E-state index < -0.39 is 17.7 Å². The summed E-state index contributed by atoms with van der Waals surface area (Å²) in [6, 6.07) is 2.64. The monoisotopic (exact) mass is 293 g/mol. The Bertz CT molecular complexity index is 566. The van der Waals surface area contributed by atoms with Crippen LogP contribution < -0.4 is 15.4 Å². The second-order valence-corrected chi connectivity index (χ2v) is 5.80. The van der Waals surface area contributed by atoms with Gasteiger partial charge in [-0.25, -0.2) is 9.78 Å². The fraction of sp³-hybridized carbons (Fsp3) is 0.500. The van der Waals surface area contributed by atoms with Gasteiger partial charge in [-0.05, 0) is 39.8 Å². The van der Waals surface area contributed by atoms with Gasteiger partial charge in [0.2, 0.25) is 5.88 Å². The summed E-state index contributed by atoms with van der Waals surface area (Å²) in [5.41, 5.74) is 0.633. The van der Waals surface area contributed by atoms with E-state index >= 15 is 0 Å². The standard InChI is InChI=1S/C14H19N3O4/c1-8-5-6-9-12(15-8)20-7-10(11(18)16-9)17-13(19)21-14(2,3)4/h5-6,10H,7H2,1-4H3,(H,16,18)(H,17,19)/t10-/m0/s1. The molecular formula is C14H19N3O4. The molecule has 0 radical (unpaired) electrons. The average Bonchev–Trinajstić information content (AvgIpc) is 2.48. The average molecular weight is 293 g/mol. The highest BCUT2D eigenvalue weighted by Gasteiger charge is 2.28. The Morgan fingerprint density at radius 3 is 2.86 bits per heavy atom. The van der Waals surface area contributed by atoms with Crippen molar-refractivity contribution in [3.8, 4) is 5.88 Å². The number of carbonyl (C=O) groups excluding carboxylic acids is 2. The fourth-order valence-corrected chi connectivity index (χ4v) is 1.75. The molecule has 0 unspecified atom stereocenters. The van der Waals surface area contributed by atoms with Gasteiger partial charge in [-0.15, -0.1) is 0 Å². The number of alkyl carbamates (subject to hydrolysis) is 1. The van der Waals surface area contributed by atoms with Crippen molar-refractivity contribution in [2.24, 2.45) is 0 Å². The fourth-order valence-electron chi connectivity index (χ4n) is 1.75. The lowest BCUT2D eigenvalue weighted by atomic mass is 10.2. The minimum Gasteiger partial charge on any atom is -0.473 e. The van der Waals surface area contributed by atoms with Crippen LogP contribution in [0.4, 0.5) is 10.5 Å². The van der Waals surface area contributed by atoms with Crippen LogP contribution in [0.5, 0.6) is 5.88 Å². The van der Waals surface area contributed by atoms with Gasteiger partial charge < -0.3 is 20.1 Å². The van der Waals surface area contributed by atoms with Crippen LogP contribution in [0.1, 0.15) is 26.5 Å². The molecule has 0 saturated heterocycles. The smallest absolute Gasteiger partial charge is 0.408 e. The number of hydrogen-bond acceptors (Lipinski definition) is 5. The summed E-state index contributed by atoms with van der Waals surface area (Å²) in [5, 5.41) is 5.16. The van der Waals surface area contributed by atoms with Crippen LogP contribution in [0.25, 0.3) is 0 Å². The maximum Gasteiger partial charge on any atom is 0.408 e. The zero-order valence-electron chi connectivity index (χ0n) is 12.5. The molecule has 7 nitrogen and oxygen atoms in total. The van der Waals surface area contributed by atoms with E-state index in [1.165, 1.54) is 0 Å². The van der Waals surface area contributed by atoms with Crippen molar-refractivity contribution in [2.75, 3.05) is 11.9 Å². The summed E-state index contributed by atoms with van der Waals surface area (Å²) in [4.78, 5) is 28.0. The Morgan fingerprint density at radius 1 is 1.48 bits per heavy atom. The molecule has 2 N–H and O–H groups in total. The van der Waals surface area contributed by atoms with Crippen molar-refractivity contribution in [3.63, 3.8) is 0 Å². The largest absolute Gasteiger partial charge is 0.473 e. The molecule has 2 rings (SSSR count). The van der Waals surface area contributed by atoms with Gasteiger partial charge >= 0.3 is 6.09 Å². The molecule has 1 aromatic heterocycles. The first kappa shape index (κ1) is 15.1. The van der Waals surface area contributed by atoms with E-state index in [-0.39, 0.29) is 12.5 Å². The second-order valence-electron chi connectivity index (χ2n) is 5.80. The second kappa shape index (κ2) is 5.59. The number of nitrogens with zero attached hydrogens (tertiary/aromatic N) is 1. The van der Waals surface area contributed by atoms with Gasteiger partial charge in [0.1, 0.15) is 23.9 Å². The number of aryl methyl sites for hydroxylation is 1. The number of amides is 2. The van der Waals surface area contributed by atoms with E-state index in [1.54, 1.807) is 32.9 Å². The molecule has 7 heteroatoms. The highest BCUT2D eigenvalue weighted by Crippen LogP contribution is 2.24. The molecule has 2 heterocycles. The number of carbonyl (C=O) groups is 2. The molecule has 0 aromatic carbocycles. The molecule has 114 valence electrons. The van der Waals surface area contributed by atoms with E-state index in [0.717, 1.165) is 5.69 Å². The zero-order valence-corrected chi connectivity index (χ0v) is 12.5. The summed E-state index contributed by atoms with van der Waals surface area (Å²) >= 11 is 0. The third-order valence-corrected chi connectivity index (χ3v) is 2.65. The molecule has 2 amide bonds. The van der Waals surface area contributed by atoms with Crippen LogP contribution in [-0.2, 0) is 9.53 Å². The summed E-state index contributed by atoms with van der Waals surface area (Å²) < 4.78 is 10.6. The Hall–Kier alpha value is -2.31. The number of pyridine rings is 1. The van der Waals surface area contributed by atoms with E-state index in [2.05, 4.69) is 15.6 Å². The highest BCUT2D eigenvalue weighted by atomic mass is 16.6. The van der Waals surface area contributed by atoms with E-state index in [4.69, 9.17) is 9.47 Å². The predicted molar refractivity (Wildman–Crippen MR) is 76.3 cm³/mol. The van der Waals surface area contributed by atoms with E-state index in [0.29, 0.717) is 11.6 Å². The van der Waals surface area contributed by atoms with Gasteiger partial charge in [0, 0.05) is 5.69 Å². The first-order chi connectivity index (χ1) is 9.74. The number of anilines is 1. The van der Waals surface area contributed by atoms with Crippen molar-refractivity contribution >= 4 is 17.7 Å². The summed E-state index contributed by atoms with van der Waals surface area (Å²) in [6.07, 6.45) is -0.665. The lowest BCUT2D eigenvalue weighted by Crippen LogP contribution is -2.48. The SMILES string of the molecule is Cc1ccc2c(n1)OC[C@H](NC(=O)OC(C)(C)C)C(=O)N2. The molecule has 1 atom stereocenters. The van der Waals surface area contributed by atoms with Gasteiger partial charge in [-0.2, -0.15) is 0 Å². The number of hydrogen-bond donors (Lipinski definition) is 2. The van der Waals surface area contributed by atoms with Crippen molar-refractivity contribution < 1.29 is 19.1 Å². The van der Waals surface area contributed by atoms with Crippen LogP contribution >= 0.6 is 0 Å². The topological polar surface area (TPSA) is 89.6 Å². The molecule has 0 fully saturated rings. The Balaban J connectivity index is 2.05. The number of nitrogens with one attached hydrogen (secondary N) is 2. The first-order valence-electron chi connectivity index (χ1n) is 6.65. The Morgan fingerprint density at radius 2 is 2.19 bits per heavy atom. The number of rotatable bonds is 1. The maximum atomic E-state index is 12.1. The predicted octanol–water partition coefficient (Wildman–Crippen LogP) is 1.61. The van der Waals surface area contributed by atoms with Gasteiger partial charge in [-0.1, -0.05) is 0 Å². The molecule has 1 aromatic rings. The third kappa shape index (κ3) is 4.08. The van der Waals surface area contributed by atoms with Crippen molar-refractivity contribution in [1.82, 2.24) is 10.3 Å². The molecule has 21 heavy (non-hydrogen) atoms. The zero-order chi connectivity index (χ0) is 15.6. The Kier molecular flexibility index (Phi) is 4.02. The lowest BCUT2D eigenvalue weighted by molar-refractivity contribution is -0.118. The van der Waals surface area contributed by atoms with Crippen LogP contribution in [-0.4, -0.2) is 35.2 Å². The summed E-state index contributed by atoms with van der Waals surface area (Å²) in [6.45, 7) is 7.07. The van der Waals surface area contributed by atoms with Gasteiger partial charge in [-0.3, -0.25) is 4.79 Å². The van der Waals surface area contributed by atoms with Crippen molar-refractivity contribution in [3.05, 3.63) is 17.8 Å². The van der Waals surface area contributed by atoms with Crippen molar-refractivity contribution in [2.45, 2.75) is 39.3 Å². The van der Waals surface area contributed by atoms with Crippen LogP contribution in [0.3, 0.4) is 0 Å². The molecule has 0 bridgehead atoms. The molecule has 0 saturated carbocycles. The normalized spacial score (nSPS) is 17.9. The van der Waals surface area contributed by atoms with E-state index in [9.17, 15) is 9.59 Å². The van der Waals surface area contributed by atoms with Crippen LogP contribution in [0.2, 0.25) is 0 Å². The molecule has 0 spiro atoms. The summed E-state index contributed by atoms with van der Waals surface area (Å²) in [5.74, 6) is -0.0258. The number of aromatic nitrogens is 1. The minimum absolute atomic E-state index is 0.00543. The minimum atomic E-state index is -0.839. The van der Waals surface area contributed by atoms with Crippen LogP contribution in [0.15, 0.2) is 12.1 Å². The molecule has 0 aliphatic carbocycles. The highest BCUT2D eigenvalue weighted by molar-refractivity contribution is 5.98. The van der Waals surface area contributed by atoms with Gasteiger partial charge in [0.15, 0.2) is 0 Å². The van der Waals surface area contributed by atoms with Crippen LogP contribution in [0, 0.1) is 6.92 Å². The molecular weight excluding hydrogens is 274 g/mol. The number of fused-ring (bicyclic) bond motifs is 1. The maximum absolute atomic E-state index is 12.1. The molecule has 1 aliphatic rings. The Labute approximate surface area is 123 Å². The first-order valence-corrected chi connectivity index (χ1v) is 6.65. The van der Waals surface area contributed by atoms with E-state index in [1.807, 2.05) is 6.92 Å². The quantitative estimate of drug-likeness (QED) is 0.821. The third-order valence-electron chi connectivity index (χ3n) is 2.65. The number of ether oxygens (including phenoxy) is 2. The van der Waals surface area contributed by atoms with Crippen molar-refractivity contribution in [1.29, 1.82) is 0 Å².